The van der Waals surface area contributed by atoms with Crippen LogP contribution in [0.25, 0.3) is 10.9 Å². The summed E-state index contributed by atoms with van der Waals surface area (Å²) in [5.74, 6) is 1.27. The first kappa shape index (κ1) is 27.9. The molecule has 7 heteroatoms. The number of allylic oxidation sites excluding steroid dienone is 2. The highest BCUT2D eigenvalue weighted by atomic mass is 35.5. The van der Waals surface area contributed by atoms with Gasteiger partial charge in [0, 0.05) is 53.4 Å². The number of hydrogen-bond donors (Lipinski definition) is 2. The number of pyridine rings is 1. The maximum absolute atomic E-state index is 12.6. The Labute approximate surface area is 238 Å². The van der Waals surface area contributed by atoms with E-state index in [1.165, 1.54) is 34.3 Å². The van der Waals surface area contributed by atoms with E-state index in [1.807, 2.05) is 19.1 Å². The van der Waals surface area contributed by atoms with E-state index in [9.17, 15) is 9.59 Å². The zero-order chi connectivity index (χ0) is 27.4. The van der Waals surface area contributed by atoms with Crippen LogP contribution >= 0.6 is 11.6 Å². The van der Waals surface area contributed by atoms with Gasteiger partial charge in [0.1, 0.15) is 6.04 Å². The van der Waals surface area contributed by atoms with Gasteiger partial charge in [-0.05, 0) is 81.9 Å². The van der Waals surface area contributed by atoms with Crippen LogP contribution in [0.3, 0.4) is 0 Å². The SMILES string of the molecule is CC[C@@H](C(=O)NCCCCCCCNc1c2c(nc3cc(Cl)ccc13)C[C@@H]1C=C(C)C[C@H]2C1)N1CCCC1=O. The number of likely N-dealkylation sites (tertiary alicyclic amines) is 1. The molecule has 0 radical (unpaired) electrons. The van der Waals surface area contributed by atoms with Gasteiger partial charge in [-0.25, -0.2) is 0 Å². The average Bonchev–Trinajstić information content (AvgIpc) is 3.32. The van der Waals surface area contributed by atoms with Gasteiger partial charge in [0.2, 0.25) is 11.8 Å². The molecule has 210 valence electrons. The lowest BCUT2D eigenvalue weighted by atomic mass is 9.71. The molecule has 0 spiro atoms. The molecule has 2 N–H and O–H groups in total. The molecular formula is C32H43ClN4O2. The first-order valence-electron chi connectivity index (χ1n) is 15.0. The van der Waals surface area contributed by atoms with Crippen molar-refractivity contribution in [1.82, 2.24) is 15.2 Å². The lowest BCUT2D eigenvalue weighted by Crippen LogP contribution is -2.47. The van der Waals surface area contributed by atoms with Crippen LogP contribution in [0.5, 0.6) is 0 Å². The van der Waals surface area contributed by atoms with Crippen molar-refractivity contribution < 1.29 is 9.59 Å². The molecule has 2 aliphatic carbocycles. The molecule has 3 atom stereocenters. The predicted octanol–water partition coefficient (Wildman–Crippen LogP) is 6.76. The Morgan fingerprint density at radius 2 is 1.95 bits per heavy atom. The highest BCUT2D eigenvalue weighted by Crippen LogP contribution is 2.47. The maximum atomic E-state index is 12.6. The van der Waals surface area contributed by atoms with E-state index >= 15 is 0 Å². The summed E-state index contributed by atoms with van der Waals surface area (Å²) in [6.07, 6.45) is 13.4. The Bertz CT molecular complexity index is 1240. The number of amides is 2. The second-order valence-electron chi connectivity index (χ2n) is 11.7. The van der Waals surface area contributed by atoms with Gasteiger partial charge in [0.25, 0.3) is 0 Å². The maximum Gasteiger partial charge on any atom is 0.242 e. The van der Waals surface area contributed by atoms with Gasteiger partial charge in [-0.1, -0.05) is 49.4 Å². The third-order valence-corrected chi connectivity index (χ3v) is 8.97. The summed E-state index contributed by atoms with van der Waals surface area (Å²) in [6.45, 7) is 6.59. The molecule has 0 unspecified atom stereocenters. The Kier molecular flexibility index (Phi) is 9.11. The van der Waals surface area contributed by atoms with Crippen LogP contribution in [0.15, 0.2) is 29.8 Å². The van der Waals surface area contributed by atoms with Crippen molar-refractivity contribution in [3.05, 3.63) is 46.1 Å². The van der Waals surface area contributed by atoms with Gasteiger partial charge in [0.15, 0.2) is 0 Å². The second-order valence-corrected chi connectivity index (χ2v) is 12.2. The number of carbonyl (C=O) groups excluding carboxylic acids is 2. The molecule has 1 aliphatic heterocycles. The van der Waals surface area contributed by atoms with Gasteiger partial charge in [-0.3, -0.25) is 14.6 Å². The number of carbonyl (C=O) groups is 2. The molecule has 2 aromatic rings. The molecular weight excluding hydrogens is 508 g/mol. The van der Waals surface area contributed by atoms with Crippen molar-refractivity contribution in [1.29, 1.82) is 0 Å². The highest BCUT2D eigenvalue weighted by Gasteiger charge is 2.34. The van der Waals surface area contributed by atoms with Gasteiger partial charge in [-0.15, -0.1) is 0 Å². The van der Waals surface area contributed by atoms with Gasteiger partial charge in [-0.2, -0.15) is 0 Å². The van der Waals surface area contributed by atoms with Crippen molar-refractivity contribution in [2.45, 2.75) is 96.4 Å². The topological polar surface area (TPSA) is 74.3 Å². The van der Waals surface area contributed by atoms with Crippen molar-refractivity contribution in [3.63, 3.8) is 0 Å². The third kappa shape index (κ3) is 6.42. The summed E-state index contributed by atoms with van der Waals surface area (Å²) in [6, 6.07) is 5.79. The zero-order valence-corrected chi connectivity index (χ0v) is 24.3. The normalized spacial score (nSPS) is 21.1. The van der Waals surface area contributed by atoms with Crippen LogP contribution < -0.4 is 10.6 Å². The molecule has 3 aliphatic rings. The fourth-order valence-electron chi connectivity index (χ4n) is 6.94. The molecule has 2 bridgehead atoms. The summed E-state index contributed by atoms with van der Waals surface area (Å²) < 4.78 is 0. The Balaban J connectivity index is 1.09. The molecule has 2 amide bonds. The zero-order valence-electron chi connectivity index (χ0n) is 23.5. The number of halogens is 1. The summed E-state index contributed by atoms with van der Waals surface area (Å²) in [5.41, 5.74) is 6.46. The van der Waals surface area contributed by atoms with E-state index in [-0.39, 0.29) is 17.9 Å². The standard InChI is InChI=1S/C32H43ClN4O2/c1-3-28(37-15-9-10-29(37)38)32(39)35-14-8-6-4-5-7-13-34-31-25-12-11-24(33)20-26(25)36-27-19-22-16-21(2)17-23(18-22)30(27)31/h11-12,16,20,22-23,28H,3-10,13-15,17-19H2,1-2H3,(H,34,36)(H,35,39)/t22-,23+,28+/m1/s1. The van der Waals surface area contributed by atoms with E-state index in [4.69, 9.17) is 16.6 Å². The Morgan fingerprint density at radius 3 is 2.72 bits per heavy atom. The number of nitrogens with one attached hydrogen (secondary N) is 2. The van der Waals surface area contributed by atoms with Crippen LogP contribution in [0.2, 0.25) is 5.02 Å². The molecule has 1 aromatic carbocycles. The van der Waals surface area contributed by atoms with E-state index in [1.54, 1.807) is 4.90 Å². The smallest absolute Gasteiger partial charge is 0.242 e. The quantitative estimate of drug-likeness (QED) is 0.226. The monoisotopic (exact) mass is 550 g/mol. The number of aromatic nitrogens is 1. The van der Waals surface area contributed by atoms with E-state index in [0.29, 0.717) is 37.8 Å². The minimum atomic E-state index is -0.309. The number of hydrogen-bond acceptors (Lipinski definition) is 4. The number of fused-ring (bicyclic) bond motifs is 5. The van der Waals surface area contributed by atoms with Crippen LogP contribution in [-0.4, -0.2) is 47.4 Å². The van der Waals surface area contributed by atoms with Gasteiger partial charge >= 0.3 is 0 Å². The largest absolute Gasteiger partial charge is 0.384 e. The summed E-state index contributed by atoms with van der Waals surface area (Å²) in [5, 5.41) is 8.80. The minimum Gasteiger partial charge on any atom is -0.384 e. The molecule has 1 aromatic heterocycles. The third-order valence-electron chi connectivity index (χ3n) is 8.73. The Morgan fingerprint density at radius 1 is 1.15 bits per heavy atom. The van der Waals surface area contributed by atoms with Crippen LogP contribution in [0, 0.1) is 5.92 Å². The molecule has 1 fully saturated rings. The lowest BCUT2D eigenvalue weighted by molar-refractivity contribution is -0.137. The van der Waals surface area contributed by atoms with Crippen molar-refractivity contribution >= 4 is 40.0 Å². The minimum absolute atomic E-state index is 0.00104. The van der Waals surface area contributed by atoms with Crippen LogP contribution in [-0.2, 0) is 16.0 Å². The summed E-state index contributed by atoms with van der Waals surface area (Å²) >= 11 is 6.33. The number of anilines is 1. The first-order chi connectivity index (χ1) is 18.9. The van der Waals surface area contributed by atoms with Gasteiger partial charge in [0.05, 0.1) is 5.52 Å². The van der Waals surface area contributed by atoms with Crippen LogP contribution in [0.1, 0.15) is 95.2 Å². The molecule has 0 saturated carbocycles. The first-order valence-corrected chi connectivity index (χ1v) is 15.4. The number of benzene rings is 1. The number of nitrogens with zero attached hydrogens (tertiary/aromatic N) is 2. The van der Waals surface area contributed by atoms with Crippen molar-refractivity contribution in [3.8, 4) is 0 Å². The fraction of sp³-hybridized carbons (Fsp3) is 0.594. The molecule has 2 heterocycles. The van der Waals surface area contributed by atoms with E-state index < -0.39 is 0 Å². The van der Waals surface area contributed by atoms with Crippen molar-refractivity contribution in [2.75, 3.05) is 25.0 Å². The highest BCUT2D eigenvalue weighted by molar-refractivity contribution is 6.31. The summed E-state index contributed by atoms with van der Waals surface area (Å²) in [7, 11) is 0. The van der Waals surface area contributed by atoms with Crippen LogP contribution in [0.4, 0.5) is 5.69 Å². The number of unbranched alkanes of at least 4 members (excludes halogenated alkanes) is 4. The fourth-order valence-corrected chi connectivity index (χ4v) is 7.11. The molecule has 5 rings (SSSR count). The van der Waals surface area contributed by atoms with Crippen molar-refractivity contribution in [2.24, 2.45) is 5.92 Å². The second kappa shape index (κ2) is 12.7. The molecule has 1 saturated heterocycles. The summed E-state index contributed by atoms with van der Waals surface area (Å²) in [4.78, 5) is 31.4. The Hall–Kier alpha value is -2.60. The number of rotatable bonds is 12. The predicted molar refractivity (Wildman–Crippen MR) is 159 cm³/mol. The molecule has 39 heavy (non-hydrogen) atoms. The van der Waals surface area contributed by atoms with Gasteiger partial charge < -0.3 is 15.5 Å². The average molecular weight is 551 g/mol. The van der Waals surface area contributed by atoms with E-state index in [0.717, 1.165) is 68.5 Å². The van der Waals surface area contributed by atoms with E-state index in [2.05, 4.69) is 29.7 Å². The lowest BCUT2D eigenvalue weighted by Gasteiger charge is -2.36. The molecule has 6 nitrogen and oxygen atoms in total.